The van der Waals surface area contributed by atoms with Crippen LogP contribution in [0.3, 0.4) is 0 Å². The van der Waals surface area contributed by atoms with E-state index in [0.717, 1.165) is 11.3 Å². The number of esters is 1. The lowest BCUT2D eigenvalue weighted by atomic mass is 10.1. The van der Waals surface area contributed by atoms with Crippen molar-refractivity contribution in [2.24, 2.45) is 0 Å². The summed E-state index contributed by atoms with van der Waals surface area (Å²) < 4.78 is 6.82. The Labute approximate surface area is 151 Å². The monoisotopic (exact) mass is 348 g/mol. The van der Waals surface area contributed by atoms with Crippen molar-refractivity contribution in [2.45, 2.75) is 20.4 Å². The molecule has 2 aromatic heterocycles. The molecule has 1 aromatic carbocycles. The second-order valence-corrected chi connectivity index (χ2v) is 5.88. The minimum atomic E-state index is -0.610. The normalized spacial score (nSPS) is 11.2. The van der Waals surface area contributed by atoms with Gasteiger partial charge in [-0.3, -0.25) is 4.79 Å². The summed E-state index contributed by atoms with van der Waals surface area (Å²) in [6, 6.07) is 13.4. The van der Waals surface area contributed by atoms with Gasteiger partial charge in [-0.25, -0.2) is 9.78 Å². The first-order valence-electron chi connectivity index (χ1n) is 8.49. The van der Waals surface area contributed by atoms with Crippen LogP contribution >= 0.6 is 0 Å². The molecule has 132 valence electrons. The van der Waals surface area contributed by atoms with E-state index in [2.05, 4.69) is 4.98 Å². The standard InChI is InChI=1S/C21H20N2O3/c1-3-26-21(25)18-14-23(13-7-10-16-8-5-4-6-9-16)20-17(19(18)24)12-11-15(2)22-20/h4-12,14H,3,13H2,1-2H3/b10-7+. The lowest BCUT2D eigenvalue weighted by molar-refractivity contribution is 0.0524. The molecule has 0 N–H and O–H groups in total. The van der Waals surface area contributed by atoms with Crippen LogP contribution in [0, 0.1) is 6.92 Å². The number of aryl methyl sites for hydroxylation is 1. The van der Waals surface area contributed by atoms with Crippen LogP contribution in [-0.4, -0.2) is 22.1 Å². The Balaban J connectivity index is 2.05. The third-order valence-corrected chi connectivity index (χ3v) is 3.97. The second-order valence-electron chi connectivity index (χ2n) is 5.88. The van der Waals surface area contributed by atoms with Crippen LogP contribution in [-0.2, 0) is 11.3 Å². The van der Waals surface area contributed by atoms with Crippen LogP contribution in [0.4, 0.5) is 0 Å². The average molecular weight is 348 g/mol. The maximum atomic E-state index is 12.6. The van der Waals surface area contributed by atoms with Crippen molar-refractivity contribution in [1.29, 1.82) is 0 Å². The van der Waals surface area contributed by atoms with Gasteiger partial charge in [0.2, 0.25) is 5.43 Å². The van der Waals surface area contributed by atoms with Gasteiger partial charge >= 0.3 is 5.97 Å². The molecule has 0 amide bonds. The smallest absolute Gasteiger partial charge is 0.343 e. The predicted molar refractivity (Wildman–Crippen MR) is 102 cm³/mol. The van der Waals surface area contributed by atoms with Crippen molar-refractivity contribution < 1.29 is 9.53 Å². The van der Waals surface area contributed by atoms with E-state index in [4.69, 9.17) is 4.74 Å². The second kappa shape index (κ2) is 7.78. The zero-order chi connectivity index (χ0) is 18.5. The number of pyridine rings is 2. The minimum Gasteiger partial charge on any atom is -0.462 e. The fraction of sp³-hybridized carbons (Fsp3) is 0.190. The Bertz CT molecular complexity index is 1020. The van der Waals surface area contributed by atoms with Gasteiger partial charge in [-0.1, -0.05) is 42.5 Å². The fourth-order valence-corrected chi connectivity index (χ4v) is 2.72. The molecule has 0 fully saturated rings. The highest BCUT2D eigenvalue weighted by molar-refractivity contribution is 5.93. The van der Waals surface area contributed by atoms with Gasteiger partial charge in [-0.2, -0.15) is 0 Å². The number of fused-ring (bicyclic) bond motifs is 1. The van der Waals surface area contributed by atoms with E-state index in [1.165, 1.54) is 6.20 Å². The molecule has 0 saturated heterocycles. The number of benzene rings is 1. The van der Waals surface area contributed by atoms with E-state index >= 15 is 0 Å². The average Bonchev–Trinajstić information content (AvgIpc) is 2.64. The highest BCUT2D eigenvalue weighted by atomic mass is 16.5. The van der Waals surface area contributed by atoms with Crippen molar-refractivity contribution in [3.05, 3.63) is 81.8 Å². The number of rotatable bonds is 5. The molecular weight excluding hydrogens is 328 g/mol. The molecule has 0 unspecified atom stereocenters. The Morgan fingerprint density at radius 2 is 1.96 bits per heavy atom. The fourth-order valence-electron chi connectivity index (χ4n) is 2.72. The summed E-state index contributed by atoms with van der Waals surface area (Å²) >= 11 is 0. The van der Waals surface area contributed by atoms with Gasteiger partial charge in [0.1, 0.15) is 11.2 Å². The molecule has 26 heavy (non-hydrogen) atoms. The first kappa shape index (κ1) is 17.6. The minimum absolute atomic E-state index is 0.0260. The SMILES string of the molecule is CCOC(=O)c1cn(C/C=C/c2ccccc2)c2nc(C)ccc2c1=O. The molecule has 0 aliphatic rings. The summed E-state index contributed by atoms with van der Waals surface area (Å²) in [5, 5.41) is 0.411. The first-order valence-corrected chi connectivity index (χ1v) is 8.49. The van der Waals surface area contributed by atoms with Gasteiger partial charge in [0.05, 0.1) is 12.0 Å². The zero-order valence-corrected chi connectivity index (χ0v) is 14.8. The quantitative estimate of drug-likeness (QED) is 0.661. The molecular formula is C21H20N2O3. The van der Waals surface area contributed by atoms with Crippen molar-refractivity contribution in [1.82, 2.24) is 9.55 Å². The van der Waals surface area contributed by atoms with Crippen LogP contribution in [0.1, 0.15) is 28.5 Å². The maximum Gasteiger partial charge on any atom is 0.343 e. The Morgan fingerprint density at radius 1 is 1.19 bits per heavy atom. The largest absolute Gasteiger partial charge is 0.462 e. The van der Waals surface area contributed by atoms with Gasteiger partial charge in [0.15, 0.2) is 0 Å². The van der Waals surface area contributed by atoms with E-state index in [0.29, 0.717) is 17.6 Å². The number of carbonyl (C=O) groups is 1. The van der Waals surface area contributed by atoms with Gasteiger partial charge in [-0.15, -0.1) is 0 Å². The number of ether oxygens (including phenoxy) is 1. The summed E-state index contributed by atoms with van der Waals surface area (Å²) in [7, 11) is 0. The van der Waals surface area contributed by atoms with Gasteiger partial charge in [-0.05, 0) is 31.5 Å². The molecule has 0 spiro atoms. The molecule has 2 heterocycles. The highest BCUT2D eigenvalue weighted by Gasteiger charge is 2.16. The third kappa shape index (κ3) is 3.72. The van der Waals surface area contributed by atoms with E-state index in [1.807, 2.05) is 49.4 Å². The van der Waals surface area contributed by atoms with E-state index < -0.39 is 5.97 Å². The Morgan fingerprint density at radius 3 is 2.69 bits per heavy atom. The number of nitrogens with zero attached hydrogens (tertiary/aromatic N) is 2. The summed E-state index contributed by atoms with van der Waals surface area (Å²) in [5.41, 5.74) is 2.11. The van der Waals surface area contributed by atoms with Gasteiger partial charge < -0.3 is 9.30 Å². The van der Waals surface area contributed by atoms with E-state index in [9.17, 15) is 9.59 Å². The van der Waals surface area contributed by atoms with Crippen LogP contribution in [0.5, 0.6) is 0 Å². The van der Waals surface area contributed by atoms with Crippen LogP contribution in [0.15, 0.2) is 59.5 Å². The molecule has 5 nitrogen and oxygen atoms in total. The number of aromatic nitrogens is 2. The lowest BCUT2D eigenvalue weighted by Crippen LogP contribution is -2.21. The first-order chi connectivity index (χ1) is 12.6. The summed E-state index contributed by atoms with van der Waals surface area (Å²) in [5.74, 6) is -0.610. The molecule has 3 rings (SSSR count). The van der Waals surface area contributed by atoms with Crippen LogP contribution in [0.2, 0.25) is 0 Å². The molecule has 0 saturated carbocycles. The lowest BCUT2D eigenvalue weighted by Gasteiger charge is -2.11. The van der Waals surface area contributed by atoms with Crippen LogP contribution < -0.4 is 5.43 Å². The van der Waals surface area contributed by atoms with Crippen LogP contribution in [0.25, 0.3) is 17.1 Å². The summed E-state index contributed by atoms with van der Waals surface area (Å²) in [6.45, 7) is 4.28. The number of allylic oxidation sites excluding steroid dienone is 1. The zero-order valence-electron chi connectivity index (χ0n) is 14.8. The maximum absolute atomic E-state index is 12.6. The van der Waals surface area contributed by atoms with Crippen molar-refractivity contribution in [3.63, 3.8) is 0 Å². The Hall–Kier alpha value is -3.21. The highest BCUT2D eigenvalue weighted by Crippen LogP contribution is 2.12. The van der Waals surface area contributed by atoms with Crippen molar-refractivity contribution in [3.8, 4) is 0 Å². The Kier molecular flexibility index (Phi) is 5.27. The molecule has 0 radical (unpaired) electrons. The van der Waals surface area contributed by atoms with Crippen molar-refractivity contribution in [2.75, 3.05) is 6.61 Å². The molecule has 3 aromatic rings. The van der Waals surface area contributed by atoms with E-state index in [1.54, 1.807) is 23.6 Å². The third-order valence-electron chi connectivity index (χ3n) is 3.97. The molecule has 0 aliphatic heterocycles. The van der Waals surface area contributed by atoms with Gasteiger partial charge in [0, 0.05) is 18.4 Å². The summed E-state index contributed by atoms with van der Waals surface area (Å²) in [4.78, 5) is 29.3. The van der Waals surface area contributed by atoms with E-state index in [-0.39, 0.29) is 17.6 Å². The molecule has 0 atom stereocenters. The van der Waals surface area contributed by atoms with Crippen molar-refractivity contribution >= 4 is 23.1 Å². The number of carbonyl (C=O) groups excluding carboxylic acids is 1. The van der Waals surface area contributed by atoms with Gasteiger partial charge in [0.25, 0.3) is 0 Å². The topological polar surface area (TPSA) is 61.2 Å². The number of hydrogen-bond donors (Lipinski definition) is 0. The number of hydrogen-bond acceptors (Lipinski definition) is 4. The summed E-state index contributed by atoms with van der Waals surface area (Å²) in [6.07, 6.45) is 5.49. The predicted octanol–water partition coefficient (Wildman–Crippen LogP) is 3.60. The molecule has 0 bridgehead atoms. The molecule has 5 heteroatoms. The molecule has 0 aliphatic carbocycles.